The number of halogens is 3. The molecule has 4 aliphatic carbocycles. The number of hydrogen-bond acceptors (Lipinski definition) is 6. The summed E-state index contributed by atoms with van der Waals surface area (Å²) in [6.45, 7) is -0.0622. The molecule has 1 saturated heterocycles. The van der Waals surface area contributed by atoms with Gasteiger partial charge in [0, 0.05) is 5.02 Å². The fraction of sp³-hybridized carbons (Fsp3) is 0.414. The van der Waals surface area contributed by atoms with Crippen molar-refractivity contribution in [1.82, 2.24) is 4.90 Å². The summed E-state index contributed by atoms with van der Waals surface area (Å²) in [4.78, 5) is 40.5. The Balaban J connectivity index is 1.21. The van der Waals surface area contributed by atoms with Crippen molar-refractivity contribution in [3.8, 4) is 11.5 Å². The van der Waals surface area contributed by atoms with Crippen LogP contribution in [0.1, 0.15) is 49.7 Å². The van der Waals surface area contributed by atoms with E-state index < -0.39 is 22.4 Å². The second-order valence-corrected chi connectivity index (χ2v) is 13.4. The van der Waals surface area contributed by atoms with Gasteiger partial charge < -0.3 is 9.47 Å². The van der Waals surface area contributed by atoms with E-state index in [1.807, 2.05) is 0 Å². The molecule has 5 aliphatic rings. The molecule has 1 heterocycles. The molecule has 0 unspecified atom stereocenters. The number of carbonyl (C=O) groups excluding carboxylic acids is 3. The minimum atomic E-state index is -0.496. The molecule has 7 rings (SSSR count). The number of carbonyl (C=O) groups is 3. The molecular formula is C29H26BrClFNO5S. The SMILES string of the molecule is COc1cc(/C=C2\SC(=O)N(Cc3ccc(F)cc3Cl)C2=O)cc(Br)c1OC(=O)C12CC3CC(CC(C3)C1)C2. The van der Waals surface area contributed by atoms with E-state index in [-0.39, 0.29) is 22.4 Å². The summed E-state index contributed by atoms with van der Waals surface area (Å²) >= 11 is 10.4. The van der Waals surface area contributed by atoms with Gasteiger partial charge >= 0.3 is 5.97 Å². The van der Waals surface area contributed by atoms with E-state index in [9.17, 15) is 18.8 Å². The van der Waals surface area contributed by atoms with E-state index in [0.717, 1.165) is 42.0 Å². The molecule has 0 N–H and O–H groups in total. The van der Waals surface area contributed by atoms with Gasteiger partial charge in [0.1, 0.15) is 5.82 Å². The van der Waals surface area contributed by atoms with Gasteiger partial charge in [0.05, 0.1) is 28.4 Å². The largest absolute Gasteiger partial charge is 0.493 e. The molecule has 2 amide bonds. The number of esters is 1. The van der Waals surface area contributed by atoms with Crippen LogP contribution in [-0.4, -0.2) is 29.1 Å². The normalized spacial score (nSPS) is 28.5. The van der Waals surface area contributed by atoms with Crippen molar-refractivity contribution in [2.75, 3.05) is 7.11 Å². The lowest BCUT2D eigenvalue weighted by Gasteiger charge is -2.55. The fourth-order valence-corrected chi connectivity index (χ4v) is 8.70. The summed E-state index contributed by atoms with van der Waals surface area (Å²) < 4.78 is 25.5. The van der Waals surface area contributed by atoms with Gasteiger partial charge in [-0.15, -0.1) is 0 Å². The summed E-state index contributed by atoms with van der Waals surface area (Å²) in [5.74, 6) is 1.36. The van der Waals surface area contributed by atoms with Crippen molar-refractivity contribution < 1.29 is 28.2 Å². The van der Waals surface area contributed by atoms with Crippen LogP contribution in [0.15, 0.2) is 39.7 Å². The third kappa shape index (κ3) is 5.02. The quantitative estimate of drug-likeness (QED) is 0.185. The third-order valence-corrected chi connectivity index (χ3v) is 10.3. The lowest BCUT2D eigenvalue weighted by atomic mass is 9.49. The summed E-state index contributed by atoms with van der Waals surface area (Å²) in [5.41, 5.74) is 0.652. The van der Waals surface area contributed by atoms with Gasteiger partial charge in [-0.05, 0) is 125 Å². The molecule has 0 aromatic heterocycles. The van der Waals surface area contributed by atoms with Crippen LogP contribution in [0.5, 0.6) is 11.5 Å². The topological polar surface area (TPSA) is 72.9 Å². The molecular weight excluding hydrogens is 609 g/mol. The van der Waals surface area contributed by atoms with Crippen molar-refractivity contribution in [3.63, 3.8) is 0 Å². The van der Waals surface area contributed by atoms with Gasteiger partial charge in [-0.2, -0.15) is 0 Å². The number of benzene rings is 2. The van der Waals surface area contributed by atoms with E-state index in [4.69, 9.17) is 21.1 Å². The van der Waals surface area contributed by atoms with Crippen LogP contribution in [0.25, 0.3) is 6.08 Å². The third-order valence-electron chi connectivity index (χ3n) is 8.43. The molecule has 39 heavy (non-hydrogen) atoms. The van der Waals surface area contributed by atoms with Crippen molar-refractivity contribution >= 4 is 62.5 Å². The highest BCUT2D eigenvalue weighted by Crippen LogP contribution is 2.60. The molecule has 5 fully saturated rings. The van der Waals surface area contributed by atoms with Gasteiger partial charge in [0.15, 0.2) is 11.5 Å². The Labute approximate surface area is 243 Å². The van der Waals surface area contributed by atoms with Crippen LogP contribution < -0.4 is 9.47 Å². The minimum absolute atomic E-state index is 0.0622. The summed E-state index contributed by atoms with van der Waals surface area (Å²) in [6.07, 6.45) is 7.98. The molecule has 0 spiro atoms. The van der Waals surface area contributed by atoms with Crippen LogP contribution in [0.3, 0.4) is 0 Å². The first-order chi connectivity index (χ1) is 18.6. The molecule has 4 bridgehead atoms. The van der Waals surface area contributed by atoms with Crippen molar-refractivity contribution in [2.45, 2.75) is 45.1 Å². The maximum atomic E-state index is 13.5. The summed E-state index contributed by atoms with van der Waals surface area (Å²) in [7, 11) is 1.49. The van der Waals surface area contributed by atoms with Crippen LogP contribution in [0.2, 0.25) is 5.02 Å². The monoisotopic (exact) mass is 633 g/mol. The minimum Gasteiger partial charge on any atom is -0.493 e. The summed E-state index contributed by atoms with van der Waals surface area (Å²) in [5, 5.41) is -0.302. The number of methoxy groups -OCH3 is 1. The lowest BCUT2D eigenvalue weighted by molar-refractivity contribution is -0.161. The van der Waals surface area contributed by atoms with Gasteiger partial charge in [0.25, 0.3) is 11.1 Å². The second kappa shape index (κ2) is 10.2. The van der Waals surface area contributed by atoms with Crippen molar-refractivity contribution in [2.24, 2.45) is 23.2 Å². The standard InChI is InChI=1S/C29H26BrClFNO5S/c1-37-23-8-15(9-24-26(34)33(28(36)39-24)14-19-2-3-20(32)10-22(19)31)7-21(30)25(23)38-27(35)29-11-16-4-17(12-29)6-18(5-16)13-29/h2-3,7-10,16-18H,4-6,11-14H2,1H3/b24-9-. The summed E-state index contributed by atoms with van der Waals surface area (Å²) in [6, 6.07) is 7.24. The van der Waals surface area contributed by atoms with E-state index in [1.165, 1.54) is 38.5 Å². The van der Waals surface area contributed by atoms with E-state index >= 15 is 0 Å². The zero-order valence-electron chi connectivity index (χ0n) is 21.2. The highest BCUT2D eigenvalue weighted by Gasteiger charge is 2.55. The molecule has 204 valence electrons. The van der Waals surface area contributed by atoms with E-state index in [1.54, 1.807) is 18.2 Å². The molecule has 0 atom stereocenters. The second-order valence-electron chi connectivity index (χ2n) is 11.1. The Bertz CT molecular complexity index is 1390. The maximum absolute atomic E-state index is 13.5. The van der Waals surface area contributed by atoms with Crippen LogP contribution in [0.4, 0.5) is 9.18 Å². The average molecular weight is 635 g/mol. The van der Waals surface area contributed by atoms with Crippen molar-refractivity contribution in [3.05, 3.63) is 61.7 Å². The highest BCUT2D eigenvalue weighted by atomic mass is 79.9. The first kappa shape index (κ1) is 26.8. The first-order valence-electron chi connectivity index (χ1n) is 12.9. The van der Waals surface area contributed by atoms with Gasteiger partial charge in [-0.1, -0.05) is 17.7 Å². The van der Waals surface area contributed by atoms with Gasteiger partial charge in [0.2, 0.25) is 0 Å². The number of rotatable bonds is 6. The average Bonchev–Trinajstić information content (AvgIpc) is 3.13. The van der Waals surface area contributed by atoms with Crippen molar-refractivity contribution in [1.29, 1.82) is 0 Å². The van der Waals surface area contributed by atoms with E-state index in [2.05, 4.69) is 15.9 Å². The number of amides is 2. The maximum Gasteiger partial charge on any atom is 0.317 e. The molecule has 6 nitrogen and oxygen atoms in total. The number of nitrogens with zero attached hydrogens (tertiary/aromatic N) is 1. The van der Waals surface area contributed by atoms with Crippen LogP contribution in [-0.2, 0) is 16.1 Å². The zero-order valence-corrected chi connectivity index (χ0v) is 24.3. The van der Waals surface area contributed by atoms with Crippen LogP contribution in [0, 0.1) is 29.0 Å². The van der Waals surface area contributed by atoms with Gasteiger partial charge in [-0.3, -0.25) is 19.3 Å². The highest BCUT2D eigenvalue weighted by molar-refractivity contribution is 9.10. The number of imide groups is 1. The Hall–Kier alpha value is -2.36. The molecule has 0 radical (unpaired) electrons. The lowest BCUT2D eigenvalue weighted by Crippen LogP contribution is -2.51. The predicted octanol–water partition coefficient (Wildman–Crippen LogP) is 7.61. The molecule has 4 saturated carbocycles. The Morgan fingerprint density at radius 3 is 2.44 bits per heavy atom. The number of ether oxygens (including phenoxy) is 2. The van der Waals surface area contributed by atoms with E-state index in [0.29, 0.717) is 44.9 Å². The Morgan fingerprint density at radius 2 is 1.82 bits per heavy atom. The Kier molecular flexibility index (Phi) is 7.04. The smallest absolute Gasteiger partial charge is 0.317 e. The van der Waals surface area contributed by atoms with Gasteiger partial charge in [-0.25, -0.2) is 4.39 Å². The van der Waals surface area contributed by atoms with Crippen LogP contribution >= 0.6 is 39.3 Å². The Morgan fingerprint density at radius 1 is 1.15 bits per heavy atom. The molecule has 2 aromatic rings. The number of hydrogen-bond donors (Lipinski definition) is 0. The zero-order chi connectivity index (χ0) is 27.5. The molecule has 2 aromatic carbocycles. The molecule has 1 aliphatic heterocycles. The first-order valence-corrected chi connectivity index (χ1v) is 14.9. The predicted molar refractivity (Wildman–Crippen MR) is 150 cm³/mol. The fourth-order valence-electron chi connectivity index (χ4n) is 7.09. The number of thioether (sulfide) groups is 1. The molecule has 10 heteroatoms.